The number of hydrogen-bond acceptors (Lipinski definition) is 8. The summed E-state index contributed by atoms with van der Waals surface area (Å²) in [5.41, 5.74) is 8.30. The summed E-state index contributed by atoms with van der Waals surface area (Å²) in [6.07, 6.45) is 1.86. The van der Waals surface area contributed by atoms with E-state index in [1.54, 1.807) is 24.9 Å². The van der Waals surface area contributed by atoms with Gasteiger partial charge in [-0.1, -0.05) is 24.1 Å². The summed E-state index contributed by atoms with van der Waals surface area (Å²) in [5, 5.41) is 10.6. The summed E-state index contributed by atoms with van der Waals surface area (Å²) in [6, 6.07) is 11.6. The second kappa shape index (κ2) is 10.6. The van der Waals surface area contributed by atoms with Gasteiger partial charge in [-0.05, 0) is 31.9 Å². The van der Waals surface area contributed by atoms with Crippen LogP contribution in [-0.2, 0) is 17.9 Å². The van der Waals surface area contributed by atoms with Gasteiger partial charge in [-0.3, -0.25) is 28.9 Å². The standard InChI is InChI=1S/C28H30N8O2/c1-3-4-12-36-26-24(37)17-34(16-23-20(14-29)13-19-8-5-6-10-22(19)31-23)18-25(38)33(2)27(26)32-28(36)35-11-7-9-21(30)15-35/h5-6,8,10,13,21H,7,9,11-12,15-18,30H2,1-2H3/t21-/m1/s1. The van der Waals surface area contributed by atoms with E-state index < -0.39 is 0 Å². The van der Waals surface area contributed by atoms with E-state index in [0.717, 1.165) is 30.3 Å². The van der Waals surface area contributed by atoms with E-state index in [-0.39, 0.29) is 43.9 Å². The number of anilines is 2. The first-order valence-corrected chi connectivity index (χ1v) is 12.7. The summed E-state index contributed by atoms with van der Waals surface area (Å²) in [5.74, 6) is 6.53. The number of nitriles is 1. The molecule has 2 aliphatic rings. The molecule has 1 amide bonds. The van der Waals surface area contributed by atoms with Crippen molar-refractivity contribution in [3.8, 4) is 17.9 Å². The van der Waals surface area contributed by atoms with Crippen molar-refractivity contribution in [2.75, 3.05) is 43.0 Å². The van der Waals surface area contributed by atoms with Gasteiger partial charge in [-0.15, -0.1) is 5.92 Å². The van der Waals surface area contributed by atoms with Crippen LogP contribution in [0.1, 0.15) is 41.5 Å². The molecular weight excluding hydrogens is 480 g/mol. The first-order chi connectivity index (χ1) is 18.4. The molecule has 0 aliphatic carbocycles. The number of nitrogens with zero attached hydrogens (tertiary/aromatic N) is 7. The number of ketones is 1. The van der Waals surface area contributed by atoms with Crippen LogP contribution >= 0.6 is 0 Å². The van der Waals surface area contributed by atoms with Crippen LogP contribution in [0.5, 0.6) is 0 Å². The topological polar surface area (TPSA) is 124 Å². The number of hydrogen-bond donors (Lipinski definition) is 1. The molecule has 1 atom stereocenters. The number of carbonyl (C=O) groups excluding carboxylic acids is 2. The van der Waals surface area contributed by atoms with Gasteiger partial charge in [0.05, 0.1) is 36.4 Å². The minimum atomic E-state index is -0.203. The number of piperidine rings is 1. The van der Waals surface area contributed by atoms with Crippen molar-refractivity contribution in [2.24, 2.45) is 5.73 Å². The quantitative estimate of drug-likeness (QED) is 0.528. The highest BCUT2D eigenvalue weighted by atomic mass is 16.2. The zero-order chi connectivity index (χ0) is 26.8. The number of aromatic nitrogens is 3. The van der Waals surface area contributed by atoms with Crippen molar-refractivity contribution in [3.63, 3.8) is 0 Å². The van der Waals surface area contributed by atoms with Gasteiger partial charge in [-0.2, -0.15) is 10.2 Å². The van der Waals surface area contributed by atoms with Crippen molar-refractivity contribution in [1.29, 1.82) is 5.26 Å². The zero-order valence-corrected chi connectivity index (χ0v) is 21.6. The van der Waals surface area contributed by atoms with Crippen LogP contribution in [-0.4, -0.2) is 70.4 Å². The summed E-state index contributed by atoms with van der Waals surface area (Å²) < 4.78 is 1.81. The van der Waals surface area contributed by atoms with Gasteiger partial charge in [0.2, 0.25) is 11.9 Å². The molecule has 10 heteroatoms. The summed E-state index contributed by atoms with van der Waals surface area (Å²) >= 11 is 0. The Labute approximate surface area is 221 Å². The number of rotatable bonds is 4. The van der Waals surface area contributed by atoms with Crippen LogP contribution in [0.3, 0.4) is 0 Å². The van der Waals surface area contributed by atoms with E-state index in [1.165, 1.54) is 4.90 Å². The number of nitrogens with two attached hydrogens (primary N) is 1. The predicted molar refractivity (Wildman–Crippen MR) is 145 cm³/mol. The molecular formula is C28H30N8O2. The molecule has 1 aromatic carbocycles. The van der Waals surface area contributed by atoms with Gasteiger partial charge in [0.1, 0.15) is 11.8 Å². The molecule has 0 saturated carbocycles. The largest absolute Gasteiger partial charge is 0.341 e. The summed E-state index contributed by atoms with van der Waals surface area (Å²) in [7, 11) is 1.64. The molecule has 3 aromatic rings. The smallest absolute Gasteiger partial charge is 0.242 e. The Morgan fingerprint density at radius 1 is 1.18 bits per heavy atom. The minimum absolute atomic E-state index is 0.00734. The fourth-order valence-electron chi connectivity index (χ4n) is 5.12. The van der Waals surface area contributed by atoms with Gasteiger partial charge in [0.25, 0.3) is 0 Å². The van der Waals surface area contributed by atoms with E-state index in [0.29, 0.717) is 35.3 Å². The normalized spacial score (nSPS) is 18.4. The fraction of sp³-hybridized carbons (Fsp3) is 0.393. The second-order valence-corrected chi connectivity index (χ2v) is 9.75. The third-order valence-electron chi connectivity index (χ3n) is 7.06. The number of benzene rings is 1. The molecule has 0 unspecified atom stereocenters. The predicted octanol–water partition coefficient (Wildman–Crippen LogP) is 1.92. The van der Waals surface area contributed by atoms with Crippen LogP contribution in [0.4, 0.5) is 11.8 Å². The van der Waals surface area contributed by atoms with Crippen LogP contribution in [0, 0.1) is 23.2 Å². The molecule has 5 rings (SSSR count). The van der Waals surface area contributed by atoms with E-state index >= 15 is 0 Å². The molecule has 4 heterocycles. The average molecular weight is 511 g/mol. The van der Waals surface area contributed by atoms with Gasteiger partial charge in [-0.25, -0.2) is 0 Å². The lowest BCUT2D eigenvalue weighted by Crippen LogP contribution is -2.44. The van der Waals surface area contributed by atoms with Crippen LogP contribution in [0.15, 0.2) is 30.3 Å². The Kier molecular flexibility index (Phi) is 7.10. The Hall–Kier alpha value is -4.25. The summed E-state index contributed by atoms with van der Waals surface area (Å²) in [4.78, 5) is 41.9. The Morgan fingerprint density at radius 3 is 2.76 bits per heavy atom. The average Bonchev–Trinajstić information content (AvgIpc) is 3.29. The van der Waals surface area contributed by atoms with Crippen LogP contribution < -0.4 is 15.5 Å². The third-order valence-corrected chi connectivity index (χ3v) is 7.06. The molecule has 2 aromatic heterocycles. The number of pyridine rings is 1. The van der Waals surface area contributed by atoms with Crippen molar-refractivity contribution < 1.29 is 9.59 Å². The van der Waals surface area contributed by atoms with Crippen molar-refractivity contribution in [1.82, 2.24) is 19.4 Å². The maximum absolute atomic E-state index is 13.8. The van der Waals surface area contributed by atoms with Crippen LogP contribution in [0.25, 0.3) is 10.9 Å². The van der Waals surface area contributed by atoms with Crippen LogP contribution in [0.2, 0.25) is 0 Å². The van der Waals surface area contributed by atoms with Gasteiger partial charge < -0.3 is 10.6 Å². The minimum Gasteiger partial charge on any atom is -0.341 e. The van der Waals surface area contributed by atoms with E-state index in [4.69, 9.17) is 10.7 Å². The zero-order valence-electron chi connectivity index (χ0n) is 21.6. The molecule has 2 N–H and O–H groups in total. The number of imidazole rings is 1. The van der Waals surface area contributed by atoms with Crippen molar-refractivity contribution in [2.45, 2.75) is 38.9 Å². The van der Waals surface area contributed by atoms with Gasteiger partial charge >= 0.3 is 0 Å². The second-order valence-electron chi connectivity index (χ2n) is 9.75. The SMILES string of the molecule is CC#CCn1c(N2CCC[C@@H](N)C2)nc2c1C(=O)CN(Cc1nc3ccccc3cc1C#N)CC(=O)N2C. The Bertz CT molecular complexity index is 1510. The van der Waals surface area contributed by atoms with E-state index in [1.807, 2.05) is 28.8 Å². The molecule has 10 nitrogen and oxygen atoms in total. The number of likely N-dealkylation sites (N-methyl/N-ethyl adjacent to an activating group) is 1. The maximum Gasteiger partial charge on any atom is 0.242 e. The monoisotopic (exact) mass is 510 g/mol. The third kappa shape index (κ3) is 4.84. The summed E-state index contributed by atoms with van der Waals surface area (Å²) in [6.45, 7) is 3.58. The van der Waals surface area contributed by atoms with Gasteiger partial charge in [0, 0.05) is 38.1 Å². The Balaban J connectivity index is 1.52. The maximum atomic E-state index is 13.8. The van der Waals surface area contributed by atoms with E-state index in [2.05, 4.69) is 27.8 Å². The fourth-order valence-corrected chi connectivity index (χ4v) is 5.12. The molecule has 0 bridgehead atoms. The molecule has 38 heavy (non-hydrogen) atoms. The molecule has 1 saturated heterocycles. The van der Waals surface area contributed by atoms with Crippen molar-refractivity contribution in [3.05, 3.63) is 47.3 Å². The molecule has 0 radical (unpaired) electrons. The molecule has 2 aliphatic heterocycles. The number of fused-ring (bicyclic) bond motifs is 2. The molecule has 194 valence electrons. The number of Topliss-reactive ketones (excluding diaryl/α,β-unsaturated/α-hetero) is 1. The number of amides is 1. The Morgan fingerprint density at radius 2 is 2.00 bits per heavy atom. The lowest BCUT2D eigenvalue weighted by Gasteiger charge is -2.31. The van der Waals surface area contributed by atoms with Crippen molar-refractivity contribution >= 4 is 34.4 Å². The first kappa shape index (κ1) is 25.4. The highest BCUT2D eigenvalue weighted by Gasteiger charge is 2.34. The lowest BCUT2D eigenvalue weighted by molar-refractivity contribution is -0.119. The number of para-hydroxylation sites is 1. The molecule has 0 spiro atoms. The van der Waals surface area contributed by atoms with E-state index in [9.17, 15) is 14.9 Å². The number of carbonyl (C=O) groups is 2. The van der Waals surface area contributed by atoms with Gasteiger partial charge in [0.15, 0.2) is 11.6 Å². The highest BCUT2D eigenvalue weighted by Crippen LogP contribution is 2.30. The first-order valence-electron chi connectivity index (χ1n) is 12.7. The lowest BCUT2D eigenvalue weighted by atomic mass is 10.1. The highest BCUT2D eigenvalue weighted by molar-refractivity contribution is 6.07. The molecule has 1 fully saturated rings.